The summed E-state index contributed by atoms with van der Waals surface area (Å²) in [4.78, 5) is 4.79. The van der Waals surface area contributed by atoms with Crippen molar-refractivity contribution in [2.45, 2.75) is 18.2 Å². The molecule has 0 spiro atoms. The second-order valence-corrected chi connectivity index (χ2v) is 6.71. The Labute approximate surface area is 133 Å². The van der Waals surface area contributed by atoms with Crippen LogP contribution in [0.15, 0.2) is 71.0 Å². The normalized spacial score (nSPS) is 23.2. The molecule has 1 aromatic heterocycles. The van der Waals surface area contributed by atoms with Gasteiger partial charge in [0.15, 0.2) is 0 Å². The van der Waals surface area contributed by atoms with Crippen molar-refractivity contribution in [1.82, 2.24) is 4.98 Å². The van der Waals surface area contributed by atoms with E-state index in [4.69, 9.17) is 0 Å². The maximum Gasteiger partial charge on any atom is 0.0682 e. The summed E-state index contributed by atoms with van der Waals surface area (Å²) < 4.78 is 0. The number of alkyl halides is 1. The minimum atomic E-state index is 0.253. The fourth-order valence-corrected chi connectivity index (χ4v) is 4.12. The van der Waals surface area contributed by atoms with E-state index in [0.29, 0.717) is 5.92 Å². The van der Waals surface area contributed by atoms with Crippen LogP contribution in [-0.2, 0) is 0 Å². The van der Waals surface area contributed by atoms with E-state index in [-0.39, 0.29) is 4.83 Å². The predicted molar refractivity (Wildman–Crippen MR) is 91.1 cm³/mol. The van der Waals surface area contributed by atoms with Crippen LogP contribution in [0.3, 0.4) is 0 Å². The Hall–Kier alpha value is -1.67. The quantitative estimate of drug-likeness (QED) is 0.667. The number of allylic oxidation sites excluding steroid dienone is 9. The van der Waals surface area contributed by atoms with E-state index in [0.717, 1.165) is 12.1 Å². The maximum atomic E-state index is 4.54. The molecule has 0 amide bonds. The van der Waals surface area contributed by atoms with Crippen molar-refractivity contribution in [1.29, 1.82) is 0 Å². The van der Waals surface area contributed by atoms with E-state index in [1.807, 2.05) is 12.3 Å². The molecule has 1 nitrogen and oxygen atoms in total. The molecule has 3 aliphatic rings. The van der Waals surface area contributed by atoms with E-state index in [1.54, 1.807) is 0 Å². The van der Waals surface area contributed by atoms with Crippen molar-refractivity contribution in [3.63, 3.8) is 0 Å². The van der Waals surface area contributed by atoms with Crippen LogP contribution in [0.1, 0.15) is 29.4 Å². The smallest absolute Gasteiger partial charge is 0.0682 e. The van der Waals surface area contributed by atoms with E-state index < -0.39 is 0 Å². The number of nitrogens with zero attached hydrogens (tertiary/aromatic N) is 1. The van der Waals surface area contributed by atoms with Crippen molar-refractivity contribution in [2.24, 2.45) is 5.92 Å². The highest BCUT2D eigenvalue weighted by Crippen LogP contribution is 2.49. The van der Waals surface area contributed by atoms with E-state index in [9.17, 15) is 0 Å². The van der Waals surface area contributed by atoms with E-state index in [1.165, 1.54) is 27.9 Å². The Morgan fingerprint density at radius 1 is 1.19 bits per heavy atom. The Bertz CT molecular complexity index is 750. The number of rotatable bonds is 2. The molecule has 4 rings (SSSR count). The summed E-state index contributed by atoms with van der Waals surface area (Å²) in [7, 11) is 0. The SMILES string of the molecule is CC1=C(CC2C=CC=C2)C2=Cc3ncccc3C(Br)C2=C1. The average molecular weight is 338 g/mol. The Kier molecular flexibility index (Phi) is 3.07. The second-order valence-electron chi connectivity index (χ2n) is 5.80. The first-order chi connectivity index (χ1) is 10.2. The number of hydrogen-bond donors (Lipinski definition) is 0. The molecule has 3 aliphatic carbocycles. The summed E-state index contributed by atoms with van der Waals surface area (Å²) in [5.41, 5.74) is 7.97. The minimum absolute atomic E-state index is 0.253. The first kappa shape index (κ1) is 13.0. The van der Waals surface area contributed by atoms with Gasteiger partial charge < -0.3 is 0 Å². The van der Waals surface area contributed by atoms with Crippen LogP contribution in [-0.4, -0.2) is 4.98 Å². The molecule has 2 heteroatoms. The summed E-state index contributed by atoms with van der Waals surface area (Å²) >= 11 is 3.86. The highest BCUT2D eigenvalue weighted by Gasteiger charge is 2.31. The molecule has 0 fully saturated rings. The van der Waals surface area contributed by atoms with Gasteiger partial charge >= 0.3 is 0 Å². The molecule has 104 valence electrons. The molecule has 0 aromatic carbocycles. The first-order valence-corrected chi connectivity index (χ1v) is 8.23. The zero-order chi connectivity index (χ0) is 14.4. The summed E-state index contributed by atoms with van der Waals surface area (Å²) in [5.74, 6) is 0.530. The zero-order valence-corrected chi connectivity index (χ0v) is 13.5. The van der Waals surface area contributed by atoms with Gasteiger partial charge in [-0.05, 0) is 59.3 Å². The molecule has 0 bridgehead atoms. The largest absolute Gasteiger partial charge is 0.257 e. The number of hydrogen-bond acceptors (Lipinski definition) is 1. The highest BCUT2D eigenvalue weighted by molar-refractivity contribution is 9.09. The Balaban J connectivity index is 1.76. The van der Waals surface area contributed by atoms with E-state index >= 15 is 0 Å². The summed E-state index contributed by atoms with van der Waals surface area (Å²) in [6.45, 7) is 2.22. The molecule has 0 radical (unpaired) electrons. The van der Waals surface area contributed by atoms with Crippen LogP contribution < -0.4 is 0 Å². The van der Waals surface area contributed by atoms with Crippen LogP contribution in [0.4, 0.5) is 0 Å². The molecule has 1 heterocycles. The lowest BCUT2D eigenvalue weighted by atomic mass is 9.86. The zero-order valence-electron chi connectivity index (χ0n) is 11.9. The van der Waals surface area contributed by atoms with Gasteiger partial charge in [0.1, 0.15) is 0 Å². The lowest BCUT2D eigenvalue weighted by Gasteiger charge is -2.23. The number of aromatic nitrogens is 1. The minimum Gasteiger partial charge on any atom is -0.257 e. The molecule has 21 heavy (non-hydrogen) atoms. The standard InChI is InChI=1S/C19H16BrN/c1-12-9-17-16(15(12)10-13-5-2-3-6-13)11-18-14(19(17)20)7-4-8-21-18/h2-9,11,13,19H,10H2,1H3. The molecule has 1 aromatic rings. The molecular weight excluding hydrogens is 322 g/mol. The molecular formula is C19H16BrN. The van der Waals surface area contributed by atoms with Crippen LogP contribution in [0.2, 0.25) is 0 Å². The van der Waals surface area contributed by atoms with Crippen molar-refractivity contribution >= 4 is 22.0 Å². The molecule has 0 saturated heterocycles. The summed E-state index contributed by atoms with van der Waals surface area (Å²) in [6.07, 6.45) is 16.4. The molecule has 1 unspecified atom stereocenters. The van der Waals surface area contributed by atoms with Gasteiger partial charge in [-0.25, -0.2) is 0 Å². The average Bonchev–Trinajstić information content (AvgIpc) is 3.10. The Morgan fingerprint density at radius 3 is 2.81 bits per heavy atom. The fraction of sp³-hybridized carbons (Fsp3) is 0.211. The molecule has 0 aliphatic heterocycles. The lowest BCUT2D eigenvalue weighted by Crippen LogP contribution is -2.07. The topological polar surface area (TPSA) is 12.9 Å². The number of fused-ring (bicyclic) bond motifs is 2. The first-order valence-electron chi connectivity index (χ1n) is 7.32. The van der Waals surface area contributed by atoms with Gasteiger partial charge in [0, 0.05) is 6.20 Å². The third kappa shape index (κ3) is 2.09. The number of pyridine rings is 1. The Morgan fingerprint density at radius 2 is 2.00 bits per heavy atom. The summed E-state index contributed by atoms with van der Waals surface area (Å²) in [6, 6.07) is 4.17. The van der Waals surface area contributed by atoms with Crippen molar-refractivity contribution < 1.29 is 0 Å². The summed E-state index contributed by atoms with van der Waals surface area (Å²) in [5, 5.41) is 0. The van der Waals surface area contributed by atoms with E-state index in [2.05, 4.69) is 70.4 Å². The van der Waals surface area contributed by atoms with Crippen LogP contribution >= 0.6 is 15.9 Å². The van der Waals surface area contributed by atoms with Crippen LogP contribution in [0.25, 0.3) is 6.08 Å². The van der Waals surface area contributed by atoms with Crippen LogP contribution in [0.5, 0.6) is 0 Å². The fourth-order valence-electron chi connectivity index (χ4n) is 3.35. The highest BCUT2D eigenvalue weighted by atomic mass is 79.9. The number of halogens is 1. The van der Waals surface area contributed by atoms with Gasteiger partial charge in [0.05, 0.1) is 10.5 Å². The maximum absolute atomic E-state index is 4.54. The third-order valence-electron chi connectivity index (χ3n) is 4.45. The van der Waals surface area contributed by atoms with Gasteiger partial charge in [0.25, 0.3) is 0 Å². The van der Waals surface area contributed by atoms with Crippen molar-refractivity contribution in [3.05, 3.63) is 82.3 Å². The van der Waals surface area contributed by atoms with Gasteiger partial charge in [-0.3, -0.25) is 4.98 Å². The third-order valence-corrected chi connectivity index (χ3v) is 5.44. The van der Waals surface area contributed by atoms with Gasteiger partial charge in [-0.1, -0.05) is 52.4 Å². The molecule has 0 saturated carbocycles. The van der Waals surface area contributed by atoms with Crippen molar-refractivity contribution in [3.8, 4) is 0 Å². The van der Waals surface area contributed by atoms with Gasteiger partial charge in [-0.15, -0.1) is 0 Å². The monoisotopic (exact) mass is 337 g/mol. The lowest BCUT2D eigenvalue weighted by molar-refractivity contribution is 0.809. The molecule has 1 atom stereocenters. The van der Waals surface area contributed by atoms with Crippen LogP contribution in [0, 0.1) is 5.92 Å². The molecule has 0 N–H and O–H groups in total. The second kappa shape index (κ2) is 4.96. The predicted octanol–water partition coefficient (Wildman–Crippen LogP) is 5.30. The van der Waals surface area contributed by atoms with Crippen molar-refractivity contribution in [2.75, 3.05) is 0 Å². The van der Waals surface area contributed by atoms with Gasteiger partial charge in [0.2, 0.25) is 0 Å². The van der Waals surface area contributed by atoms with Gasteiger partial charge in [-0.2, -0.15) is 0 Å².